The van der Waals surface area contributed by atoms with E-state index < -0.39 is 0 Å². The maximum atomic E-state index is 13.8. The van der Waals surface area contributed by atoms with Crippen LogP contribution < -0.4 is 4.90 Å². The summed E-state index contributed by atoms with van der Waals surface area (Å²) in [6.07, 6.45) is 0. The standard InChI is InChI=1S/C17H17FN2S/c18-15-8-4-5-9-16(15)19-10-12-20(13-11-19)17(21)14-6-2-1-3-7-14/h1-9H,10-13H2. The third-order valence-electron chi connectivity index (χ3n) is 3.78. The highest BCUT2D eigenvalue weighted by molar-refractivity contribution is 7.80. The minimum absolute atomic E-state index is 0.156. The Hall–Kier alpha value is -1.94. The van der Waals surface area contributed by atoms with Crippen molar-refractivity contribution in [3.8, 4) is 0 Å². The van der Waals surface area contributed by atoms with Gasteiger partial charge >= 0.3 is 0 Å². The molecule has 1 aliphatic rings. The molecular weight excluding hydrogens is 283 g/mol. The first-order valence-electron chi connectivity index (χ1n) is 7.09. The Morgan fingerprint density at radius 1 is 0.857 bits per heavy atom. The molecule has 0 unspecified atom stereocenters. The quantitative estimate of drug-likeness (QED) is 0.786. The van der Waals surface area contributed by atoms with Crippen LogP contribution in [0.3, 0.4) is 0 Å². The minimum atomic E-state index is -0.156. The first kappa shape index (κ1) is 14.0. The molecule has 0 amide bonds. The first-order chi connectivity index (χ1) is 10.3. The summed E-state index contributed by atoms with van der Waals surface area (Å²) < 4.78 is 13.8. The Balaban J connectivity index is 1.66. The number of piperazine rings is 1. The topological polar surface area (TPSA) is 6.48 Å². The highest BCUT2D eigenvalue weighted by Crippen LogP contribution is 2.20. The van der Waals surface area contributed by atoms with Crippen LogP contribution in [-0.2, 0) is 0 Å². The van der Waals surface area contributed by atoms with Crippen LogP contribution in [0.5, 0.6) is 0 Å². The van der Waals surface area contributed by atoms with Crippen molar-refractivity contribution in [1.82, 2.24) is 4.90 Å². The number of halogens is 1. The summed E-state index contributed by atoms with van der Waals surface area (Å²) in [6.45, 7) is 3.21. The van der Waals surface area contributed by atoms with Gasteiger partial charge in [-0.1, -0.05) is 54.7 Å². The molecule has 1 heterocycles. The van der Waals surface area contributed by atoms with E-state index in [-0.39, 0.29) is 5.82 Å². The number of anilines is 1. The smallest absolute Gasteiger partial charge is 0.146 e. The van der Waals surface area contributed by atoms with E-state index in [0.29, 0.717) is 5.69 Å². The highest BCUT2D eigenvalue weighted by Gasteiger charge is 2.21. The molecule has 3 rings (SSSR count). The molecule has 1 fully saturated rings. The second kappa shape index (κ2) is 6.22. The van der Waals surface area contributed by atoms with Crippen molar-refractivity contribution >= 4 is 22.9 Å². The molecule has 0 spiro atoms. The summed E-state index contributed by atoms with van der Waals surface area (Å²) in [4.78, 5) is 5.16. The van der Waals surface area contributed by atoms with Crippen LogP contribution in [0.15, 0.2) is 54.6 Å². The van der Waals surface area contributed by atoms with Crippen molar-refractivity contribution in [2.24, 2.45) is 0 Å². The van der Waals surface area contributed by atoms with Gasteiger partial charge in [-0.3, -0.25) is 0 Å². The molecular formula is C17H17FN2S. The average Bonchev–Trinajstić information content (AvgIpc) is 2.56. The normalized spacial score (nSPS) is 15.1. The largest absolute Gasteiger partial charge is 0.366 e. The van der Waals surface area contributed by atoms with Gasteiger partial charge in [-0.15, -0.1) is 0 Å². The van der Waals surface area contributed by atoms with Crippen molar-refractivity contribution in [2.45, 2.75) is 0 Å². The Bertz CT molecular complexity index is 622. The van der Waals surface area contributed by atoms with Gasteiger partial charge in [0.1, 0.15) is 10.8 Å². The fourth-order valence-electron chi connectivity index (χ4n) is 2.62. The Labute approximate surface area is 129 Å². The lowest BCUT2D eigenvalue weighted by atomic mass is 10.2. The van der Waals surface area contributed by atoms with E-state index in [4.69, 9.17) is 12.2 Å². The van der Waals surface area contributed by atoms with Crippen LogP contribution in [0, 0.1) is 5.82 Å². The van der Waals surface area contributed by atoms with Crippen LogP contribution in [0.4, 0.5) is 10.1 Å². The molecule has 2 aromatic rings. The summed E-state index contributed by atoms with van der Waals surface area (Å²) in [5.41, 5.74) is 1.76. The van der Waals surface area contributed by atoms with Crippen LogP contribution in [0.25, 0.3) is 0 Å². The number of nitrogens with zero attached hydrogens (tertiary/aromatic N) is 2. The van der Waals surface area contributed by atoms with Crippen molar-refractivity contribution < 1.29 is 4.39 Å². The van der Waals surface area contributed by atoms with Crippen molar-refractivity contribution in [3.05, 3.63) is 66.0 Å². The van der Waals surface area contributed by atoms with E-state index >= 15 is 0 Å². The third-order valence-corrected chi connectivity index (χ3v) is 4.27. The first-order valence-corrected chi connectivity index (χ1v) is 7.50. The Morgan fingerprint density at radius 2 is 1.48 bits per heavy atom. The lowest BCUT2D eigenvalue weighted by Crippen LogP contribution is -2.48. The molecule has 1 saturated heterocycles. The summed E-state index contributed by atoms with van der Waals surface area (Å²) >= 11 is 5.55. The lowest BCUT2D eigenvalue weighted by Gasteiger charge is -2.37. The molecule has 108 valence electrons. The number of para-hydroxylation sites is 1. The second-order valence-corrected chi connectivity index (χ2v) is 5.48. The highest BCUT2D eigenvalue weighted by atomic mass is 32.1. The zero-order chi connectivity index (χ0) is 14.7. The summed E-state index contributed by atoms with van der Waals surface area (Å²) in [6, 6.07) is 17.0. The number of hydrogen-bond donors (Lipinski definition) is 0. The molecule has 21 heavy (non-hydrogen) atoms. The summed E-state index contributed by atoms with van der Waals surface area (Å²) in [5, 5.41) is 0. The molecule has 0 bridgehead atoms. The molecule has 4 heteroatoms. The van der Waals surface area contributed by atoms with Gasteiger partial charge in [0.2, 0.25) is 0 Å². The number of benzene rings is 2. The molecule has 0 N–H and O–H groups in total. The van der Waals surface area contributed by atoms with Gasteiger partial charge in [0.15, 0.2) is 0 Å². The van der Waals surface area contributed by atoms with Gasteiger partial charge in [-0.05, 0) is 12.1 Å². The fraction of sp³-hybridized carbons (Fsp3) is 0.235. The molecule has 0 aromatic heterocycles. The van der Waals surface area contributed by atoms with Crippen molar-refractivity contribution in [2.75, 3.05) is 31.1 Å². The zero-order valence-electron chi connectivity index (χ0n) is 11.7. The van der Waals surface area contributed by atoms with Gasteiger partial charge in [-0.2, -0.15) is 0 Å². The van der Waals surface area contributed by atoms with Gasteiger partial charge in [0.25, 0.3) is 0 Å². The molecule has 0 aliphatic carbocycles. The minimum Gasteiger partial charge on any atom is -0.366 e. The average molecular weight is 300 g/mol. The van der Waals surface area contributed by atoms with E-state index in [1.54, 1.807) is 6.07 Å². The number of thiocarbonyl (C=S) groups is 1. The molecule has 1 aliphatic heterocycles. The van der Waals surface area contributed by atoms with Crippen LogP contribution in [0.2, 0.25) is 0 Å². The summed E-state index contributed by atoms with van der Waals surface area (Å²) in [5.74, 6) is -0.156. The summed E-state index contributed by atoms with van der Waals surface area (Å²) in [7, 11) is 0. The molecule has 2 nitrogen and oxygen atoms in total. The van der Waals surface area contributed by atoms with Crippen LogP contribution >= 0.6 is 12.2 Å². The monoisotopic (exact) mass is 300 g/mol. The van der Waals surface area contributed by atoms with Crippen LogP contribution in [0.1, 0.15) is 5.56 Å². The van der Waals surface area contributed by atoms with Crippen LogP contribution in [-0.4, -0.2) is 36.1 Å². The second-order valence-electron chi connectivity index (χ2n) is 5.10. The zero-order valence-corrected chi connectivity index (χ0v) is 12.5. The fourth-order valence-corrected chi connectivity index (χ4v) is 2.94. The Morgan fingerprint density at radius 3 is 2.14 bits per heavy atom. The predicted octanol–water partition coefficient (Wildman–Crippen LogP) is 3.32. The van der Waals surface area contributed by atoms with Gasteiger partial charge in [0, 0.05) is 31.7 Å². The Kier molecular flexibility index (Phi) is 4.15. The SMILES string of the molecule is Fc1ccccc1N1CCN(C(=S)c2ccccc2)CC1. The van der Waals surface area contributed by atoms with Crippen molar-refractivity contribution in [3.63, 3.8) is 0 Å². The van der Waals surface area contributed by atoms with E-state index in [2.05, 4.69) is 9.80 Å². The molecule has 0 atom stereocenters. The van der Waals surface area contributed by atoms with Crippen molar-refractivity contribution in [1.29, 1.82) is 0 Å². The lowest BCUT2D eigenvalue weighted by molar-refractivity contribution is 0.390. The van der Waals surface area contributed by atoms with Gasteiger partial charge < -0.3 is 9.80 Å². The van der Waals surface area contributed by atoms with E-state index in [0.717, 1.165) is 36.7 Å². The van der Waals surface area contributed by atoms with Gasteiger partial charge in [-0.25, -0.2) is 4.39 Å². The molecule has 2 aromatic carbocycles. The van der Waals surface area contributed by atoms with Gasteiger partial charge in [0.05, 0.1) is 5.69 Å². The maximum absolute atomic E-state index is 13.8. The third kappa shape index (κ3) is 3.05. The van der Waals surface area contributed by atoms with E-state index in [1.165, 1.54) is 6.07 Å². The maximum Gasteiger partial charge on any atom is 0.146 e. The van der Waals surface area contributed by atoms with E-state index in [9.17, 15) is 4.39 Å². The predicted molar refractivity (Wildman–Crippen MR) is 88.3 cm³/mol. The molecule has 0 radical (unpaired) electrons. The number of rotatable bonds is 2. The molecule has 0 saturated carbocycles. The number of hydrogen-bond acceptors (Lipinski definition) is 2. The van der Waals surface area contributed by atoms with E-state index in [1.807, 2.05) is 42.5 Å².